The Morgan fingerprint density at radius 1 is 1.40 bits per heavy atom. The van der Waals surface area contributed by atoms with Gasteiger partial charge in [-0.1, -0.05) is 18.2 Å². The Morgan fingerprint density at radius 2 is 2.20 bits per heavy atom. The summed E-state index contributed by atoms with van der Waals surface area (Å²) in [6.45, 7) is 2.26. The SMILES string of the molecule is CCOC(=O)C1CC2CCCC2=NN1c1ccccc1. The minimum absolute atomic E-state index is 0.161. The van der Waals surface area contributed by atoms with Gasteiger partial charge in [-0.15, -0.1) is 0 Å². The summed E-state index contributed by atoms with van der Waals surface area (Å²) in [5.41, 5.74) is 2.21. The van der Waals surface area contributed by atoms with Crippen molar-refractivity contribution in [1.29, 1.82) is 0 Å². The van der Waals surface area contributed by atoms with Gasteiger partial charge in [0.05, 0.1) is 12.3 Å². The Kier molecular flexibility index (Phi) is 3.72. The normalized spacial score (nSPS) is 25.1. The molecular weight excluding hydrogens is 252 g/mol. The summed E-state index contributed by atoms with van der Waals surface area (Å²) in [6, 6.07) is 9.61. The van der Waals surface area contributed by atoms with Crippen molar-refractivity contribution in [2.24, 2.45) is 11.0 Å². The molecule has 2 aliphatic rings. The van der Waals surface area contributed by atoms with Crippen molar-refractivity contribution in [3.63, 3.8) is 0 Å². The topological polar surface area (TPSA) is 41.9 Å². The van der Waals surface area contributed by atoms with Gasteiger partial charge in [-0.2, -0.15) is 5.10 Å². The van der Waals surface area contributed by atoms with Crippen LogP contribution in [0.1, 0.15) is 32.6 Å². The zero-order valence-electron chi connectivity index (χ0n) is 11.8. The summed E-state index contributed by atoms with van der Waals surface area (Å²) in [5.74, 6) is 0.301. The third kappa shape index (κ3) is 2.42. The average Bonchev–Trinajstić information content (AvgIpc) is 2.94. The van der Waals surface area contributed by atoms with E-state index >= 15 is 0 Å². The van der Waals surface area contributed by atoms with E-state index in [9.17, 15) is 4.79 Å². The van der Waals surface area contributed by atoms with E-state index in [0.717, 1.165) is 24.9 Å². The molecule has 0 N–H and O–H groups in total. The molecule has 0 bridgehead atoms. The van der Waals surface area contributed by atoms with Gasteiger partial charge in [-0.25, -0.2) is 4.79 Å². The molecule has 3 rings (SSSR count). The third-order valence-corrected chi connectivity index (χ3v) is 4.08. The average molecular weight is 272 g/mol. The molecule has 1 saturated carbocycles. The summed E-state index contributed by atoms with van der Waals surface area (Å²) in [6.07, 6.45) is 4.22. The van der Waals surface area contributed by atoms with Crippen LogP contribution in [0.15, 0.2) is 35.4 Å². The number of carbonyl (C=O) groups excluding carboxylic acids is 1. The molecule has 1 aliphatic heterocycles. The van der Waals surface area contributed by atoms with E-state index in [1.807, 2.05) is 42.3 Å². The number of rotatable bonds is 3. The second-order valence-corrected chi connectivity index (χ2v) is 5.36. The van der Waals surface area contributed by atoms with Gasteiger partial charge in [0.15, 0.2) is 6.04 Å². The minimum Gasteiger partial charge on any atom is -0.464 e. The molecule has 2 unspecified atom stereocenters. The van der Waals surface area contributed by atoms with Crippen molar-refractivity contribution in [3.8, 4) is 0 Å². The number of fused-ring (bicyclic) bond motifs is 1. The Labute approximate surface area is 119 Å². The monoisotopic (exact) mass is 272 g/mol. The maximum absolute atomic E-state index is 12.2. The molecule has 1 aliphatic carbocycles. The highest BCUT2D eigenvalue weighted by Crippen LogP contribution is 2.35. The quantitative estimate of drug-likeness (QED) is 0.794. The molecular formula is C16H20N2O2. The molecule has 4 heteroatoms. The lowest BCUT2D eigenvalue weighted by atomic mass is 9.94. The van der Waals surface area contributed by atoms with Gasteiger partial charge in [0.2, 0.25) is 0 Å². The number of hydrogen-bond donors (Lipinski definition) is 0. The summed E-state index contributed by atoms with van der Waals surface area (Å²) in [7, 11) is 0. The van der Waals surface area contributed by atoms with E-state index < -0.39 is 0 Å². The number of carbonyl (C=O) groups is 1. The fraction of sp³-hybridized carbons (Fsp3) is 0.500. The second-order valence-electron chi connectivity index (χ2n) is 5.36. The predicted octanol–water partition coefficient (Wildman–Crippen LogP) is 2.98. The van der Waals surface area contributed by atoms with Crippen LogP contribution >= 0.6 is 0 Å². The summed E-state index contributed by atoms with van der Waals surface area (Å²) in [4.78, 5) is 12.2. The first-order valence-corrected chi connectivity index (χ1v) is 7.38. The molecule has 0 aromatic heterocycles. The van der Waals surface area contributed by atoms with Crippen molar-refractivity contribution in [1.82, 2.24) is 0 Å². The molecule has 1 heterocycles. The standard InChI is InChI=1S/C16H20N2O2/c1-2-20-16(19)15-11-12-7-6-10-14(12)17-18(15)13-8-4-3-5-9-13/h3-5,8-9,12,15H,2,6-7,10-11H2,1H3. The minimum atomic E-state index is -0.288. The predicted molar refractivity (Wildman–Crippen MR) is 78.7 cm³/mol. The number of para-hydroxylation sites is 1. The number of hydrazone groups is 1. The van der Waals surface area contributed by atoms with Crippen LogP contribution in [0, 0.1) is 5.92 Å². The highest BCUT2D eigenvalue weighted by atomic mass is 16.5. The molecule has 1 fully saturated rings. The fourth-order valence-electron chi connectivity index (χ4n) is 3.12. The van der Waals surface area contributed by atoms with Gasteiger partial charge in [0.25, 0.3) is 0 Å². The van der Waals surface area contributed by atoms with E-state index in [0.29, 0.717) is 12.5 Å². The van der Waals surface area contributed by atoms with Crippen LogP contribution in [-0.2, 0) is 9.53 Å². The first-order valence-electron chi connectivity index (χ1n) is 7.38. The first-order chi connectivity index (χ1) is 9.79. The van der Waals surface area contributed by atoms with Crippen molar-refractivity contribution in [3.05, 3.63) is 30.3 Å². The number of hydrogen-bond acceptors (Lipinski definition) is 4. The van der Waals surface area contributed by atoms with Crippen molar-refractivity contribution in [2.45, 2.75) is 38.6 Å². The zero-order valence-corrected chi connectivity index (χ0v) is 11.8. The number of ether oxygens (including phenoxy) is 1. The highest BCUT2D eigenvalue weighted by molar-refractivity contribution is 5.93. The number of benzene rings is 1. The maximum atomic E-state index is 12.2. The summed E-state index contributed by atoms with van der Waals surface area (Å²) < 4.78 is 5.23. The molecule has 0 spiro atoms. The Balaban J connectivity index is 1.92. The van der Waals surface area contributed by atoms with Crippen LogP contribution in [0.3, 0.4) is 0 Å². The maximum Gasteiger partial charge on any atom is 0.330 e. The van der Waals surface area contributed by atoms with E-state index in [-0.39, 0.29) is 12.0 Å². The molecule has 1 aromatic rings. The highest BCUT2D eigenvalue weighted by Gasteiger charge is 2.38. The molecule has 0 amide bonds. The summed E-state index contributed by atoms with van der Waals surface area (Å²) in [5, 5.41) is 6.60. The molecule has 20 heavy (non-hydrogen) atoms. The molecule has 0 radical (unpaired) electrons. The first kappa shape index (κ1) is 13.2. The van der Waals surface area contributed by atoms with E-state index in [2.05, 4.69) is 0 Å². The smallest absolute Gasteiger partial charge is 0.330 e. The molecule has 106 valence electrons. The van der Waals surface area contributed by atoms with Crippen molar-refractivity contribution < 1.29 is 9.53 Å². The number of nitrogens with zero attached hydrogens (tertiary/aromatic N) is 2. The molecule has 4 nitrogen and oxygen atoms in total. The number of anilines is 1. The Hall–Kier alpha value is -1.84. The second kappa shape index (κ2) is 5.65. The molecule has 2 atom stereocenters. The van der Waals surface area contributed by atoms with Crippen LogP contribution in [0.2, 0.25) is 0 Å². The third-order valence-electron chi connectivity index (χ3n) is 4.08. The van der Waals surface area contributed by atoms with Gasteiger partial charge >= 0.3 is 5.97 Å². The lowest BCUT2D eigenvalue weighted by molar-refractivity contribution is -0.145. The number of esters is 1. The molecule has 0 saturated heterocycles. The van der Waals surface area contributed by atoms with Crippen molar-refractivity contribution >= 4 is 17.4 Å². The zero-order chi connectivity index (χ0) is 13.9. The van der Waals surface area contributed by atoms with Crippen molar-refractivity contribution in [2.75, 3.05) is 11.6 Å². The largest absolute Gasteiger partial charge is 0.464 e. The van der Waals surface area contributed by atoms with Crippen LogP contribution in [-0.4, -0.2) is 24.3 Å². The lowest BCUT2D eigenvalue weighted by Crippen LogP contribution is -2.45. The van der Waals surface area contributed by atoms with Gasteiger partial charge in [0, 0.05) is 11.6 Å². The van der Waals surface area contributed by atoms with E-state index in [4.69, 9.17) is 9.84 Å². The van der Waals surface area contributed by atoms with Gasteiger partial charge in [-0.05, 0) is 44.7 Å². The van der Waals surface area contributed by atoms with E-state index in [1.54, 1.807) is 0 Å². The van der Waals surface area contributed by atoms with Gasteiger partial charge in [-0.3, -0.25) is 5.01 Å². The fourth-order valence-corrected chi connectivity index (χ4v) is 3.12. The summed E-state index contributed by atoms with van der Waals surface area (Å²) >= 11 is 0. The van der Waals surface area contributed by atoms with Gasteiger partial charge in [0.1, 0.15) is 0 Å². The lowest BCUT2D eigenvalue weighted by Gasteiger charge is -2.34. The van der Waals surface area contributed by atoms with Crippen LogP contribution < -0.4 is 5.01 Å². The Morgan fingerprint density at radius 3 is 2.95 bits per heavy atom. The Bertz CT molecular complexity index is 512. The molecule has 1 aromatic carbocycles. The van der Waals surface area contributed by atoms with E-state index in [1.165, 1.54) is 12.1 Å². The van der Waals surface area contributed by atoms with Crippen LogP contribution in [0.5, 0.6) is 0 Å². The van der Waals surface area contributed by atoms with Gasteiger partial charge < -0.3 is 4.74 Å². The van der Waals surface area contributed by atoms with Crippen LogP contribution in [0.4, 0.5) is 5.69 Å². The van der Waals surface area contributed by atoms with Crippen LogP contribution in [0.25, 0.3) is 0 Å².